The monoisotopic (exact) mass is 469 g/mol. The van der Waals surface area contributed by atoms with Crippen LogP contribution in [0.25, 0.3) is 0 Å². The van der Waals surface area contributed by atoms with Crippen molar-refractivity contribution in [1.29, 1.82) is 0 Å². The minimum atomic E-state index is -3.84. The van der Waals surface area contributed by atoms with Crippen LogP contribution in [-0.4, -0.2) is 42.0 Å². The van der Waals surface area contributed by atoms with E-state index in [0.29, 0.717) is 6.42 Å². The van der Waals surface area contributed by atoms with Gasteiger partial charge in [-0.05, 0) is 0 Å². The van der Waals surface area contributed by atoms with E-state index in [2.05, 4.69) is 0 Å². The molecule has 0 aliphatic heterocycles. The fourth-order valence-electron chi connectivity index (χ4n) is 1.40. The molecular formula is C12H21O6Pb. The van der Waals surface area contributed by atoms with Gasteiger partial charge in [-0.2, -0.15) is 0 Å². The number of hydrogen-bond acceptors (Lipinski definition) is 6. The van der Waals surface area contributed by atoms with E-state index in [0.717, 1.165) is 19.3 Å². The average molecular weight is 468 g/mol. The van der Waals surface area contributed by atoms with E-state index in [-0.39, 0.29) is 5.92 Å². The second-order valence-electron chi connectivity index (χ2n) is 4.11. The summed E-state index contributed by atoms with van der Waals surface area (Å²) in [4.78, 5) is 33.7. The molecule has 109 valence electrons. The van der Waals surface area contributed by atoms with Gasteiger partial charge in [0.25, 0.3) is 0 Å². The third kappa shape index (κ3) is 8.95. The summed E-state index contributed by atoms with van der Waals surface area (Å²) >= 11 is -3.84. The van der Waals surface area contributed by atoms with Gasteiger partial charge in [-0.15, -0.1) is 0 Å². The van der Waals surface area contributed by atoms with Gasteiger partial charge in [-0.3, -0.25) is 0 Å². The van der Waals surface area contributed by atoms with Crippen molar-refractivity contribution in [3.63, 3.8) is 0 Å². The maximum absolute atomic E-state index is 11.9. The Morgan fingerprint density at radius 2 is 1.53 bits per heavy atom. The van der Waals surface area contributed by atoms with Gasteiger partial charge in [0.05, 0.1) is 0 Å². The first-order chi connectivity index (χ1) is 8.90. The molecule has 0 spiro atoms. The van der Waals surface area contributed by atoms with Gasteiger partial charge in [0, 0.05) is 0 Å². The van der Waals surface area contributed by atoms with Crippen LogP contribution in [0.3, 0.4) is 0 Å². The summed E-state index contributed by atoms with van der Waals surface area (Å²) in [6.07, 6.45) is 3.29. The Morgan fingerprint density at radius 1 is 1.00 bits per heavy atom. The molecule has 0 heterocycles. The van der Waals surface area contributed by atoms with Crippen LogP contribution in [0.5, 0.6) is 0 Å². The standard InChI is InChI=1S/C8H16O2.2C2H4O2.Pb/c1-3-5-6-7(4-2)8(9)10;2*1-2(3)4;/h7H,3-6H2,1-2H3,(H,9,10);2*1H3,(H,3,4);/q;;;+3/p-3. The molecule has 0 saturated heterocycles. The number of hydrogen-bond donors (Lipinski definition) is 0. The molecule has 0 amide bonds. The van der Waals surface area contributed by atoms with Crippen molar-refractivity contribution in [2.75, 3.05) is 0 Å². The molecule has 0 aromatic carbocycles. The Hall–Kier alpha value is -0.668. The van der Waals surface area contributed by atoms with E-state index < -0.39 is 42.0 Å². The minimum absolute atomic E-state index is 0.230. The van der Waals surface area contributed by atoms with E-state index in [9.17, 15) is 14.4 Å². The van der Waals surface area contributed by atoms with Gasteiger partial charge < -0.3 is 0 Å². The second kappa shape index (κ2) is 10.2. The summed E-state index contributed by atoms with van der Waals surface area (Å²) in [6.45, 7) is 6.31. The first-order valence-electron chi connectivity index (χ1n) is 6.36. The molecule has 6 nitrogen and oxygen atoms in total. The van der Waals surface area contributed by atoms with Gasteiger partial charge in [0.2, 0.25) is 0 Å². The van der Waals surface area contributed by atoms with E-state index in [1.54, 1.807) is 0 Å². The summed E-state index contributed by atoms with van der Waals surface area (Å²) < 4.78 is 14.7. The molecule has 0 aromatic heterocycles. The van der Waals surface area contributed by atoms with Crippen LogP contribution in [0.15, 0.2) is 0 Å². The SMILES string of the molecule is CCCCC(CC)C(=O)[O][Pb]([O]C(C)=O)[O]C(C)=O. The zero-order valence-corrected chi connectivity index (χ0v) is 15.7. The van der Waals surface area contributed by atoms with E-state index in [4.69, 9.17) is 8.06 Å². The second-order valence-corrected chi connectivity index (χ2v) is 8.43. The summed E-state index contributed by atoms with van der Waals surface area (Å²) in [5.41, 5.74) is 0. The van der Waals surface area contributed by atoms with E-state index >= 15 is 0 Å². The molecule has 0 rings (SSSR count). The Labute approximate surface area is 123 Å². The van der Waals surface area contributed by atoms with Crippen molar-refractivity contribution in [2.24, 2.45) is 5.92 Å². The third-order valence-electron chi connectivity index (χ3n) is 2.37. The van der Waals surface area contributed by atoms with Gasteiger partial charge in [-0.1, -0.05) is 0 Å². The zero-order chi connectivity index (χ0) is 14.8. The molecule has 1 radical (unpaired) electrons. The van der Waals surface area contributed by atoms with Crippen molar-refractivity contribution in [1.82, 2.24) is 0 Å². The normalized spacial score (nSPS) is 11.8. The van der Waals surface area contributed by atoms with Crippen molar-refractivity contribution in [3.05, 3.63) is 0 Å². The maximum atomic E-state index is 11.9. The number of carbonyl (C=O) groups is 3. The summed E-state index contributed by atoms with van der Waals surface area (Å²) in [5.74, 6) is -1.86. The molecule has 0 aromatic rings. The first kappa shape index (κ1) is 18.3. The van der Waals surface area contributed by atoms with Crippen LogP contribution in [0.1, 0.15) is 53.4 Å². The van der Waals surface area contributed by atoms with Gasteiger partial charge in [0.1, 0.15) is 0 Å². The molecule has 0 N–H and O–H groups in total. The van der Waals surface area contributed by atoms with E-state index in [1.165, 1.54) is 13.8 Å². The molecule has 0 bridgehead atoms. The fourth-order valence-corrected chi connectivity index (χ4v) is 5.00. The molecular weight excluding hydrogens is 447 g/mol. The molecule has 0 fully saturated rings. The van der Waals surface area contributed by atoms with Crippen molar-refractivity contribution in [3.8, 4) is 0 Å². The van der Waals surface area contributed by atoms with Crippen LogP contribution in [-0.2, 0) is 22.4 Å². The number of rotatable bonds is 8. The summed E-state index contributed by atoms with van der Waals surface area (Å²) in [5, 5.41) is 0. The Bertz CT molecular complexity index is 301. The van der Waals surface area contributed by atoms with Crippen LogP contribution >= 0.6 is 0 Å². The molecule has 0 aliphatic rings. The molecule has 19 heavy (non-hydrogen) atoms. The van der Waals surface area contributed by atoms with Crippen molar-refractivity contribution in [2.45, 2.75) is 53.4 Å². The van der Waals surface area contributed by atoms with Crippen molar-refractivity contribution >= 4 is 42.0 Å². The molecule has 7 heteroatoms. The quantitative estimate of drug-likeness (QED) is 0.506. The topological polar surface area (TPSA) is 78.9 Å². The number of carbonyl (C=O) groups excluding carboxylic acids is 3. The van der Waals surface area contributed by atoms with Gasteiger partial charge in [0.15, 0.2) is 0 Å². The van der Waals surface area contributed by atoms with Crippen LogP contribution in [0.2, 0.25) is 0 Å². The van der Waals surface area contributed by atoms with Crippen LogP contribution in [0.4, 0.5) is 0 Å². The summed E-state index contributed by atoms with van der Waals surface area (Å²) in [6, 6.07) is 0. The zero-order valence-electron chi connectivity index (χ0n) is 11.9. The third-order valence-corrected chi connectivity index (χ3v) is 7.33. The average Bonchev–Trinajstić information content (AvgIpc) is 2.28. The predicted molar refractivity (Wildman–Crippen MR) is 68.7 cm³/mol. The Balaban J connectivity index is 4.48. The number of unbranched alkanes of at least 4 members (excludes halogenated alkanes) is 1. The Kier molecular flexibility index (Phi) is 9.80. The van der Waals surface area contributed by atoms with Crippen LogP contribution < -0.4 is 0 Å². The molecule has 1 unspecified atom stereocenters. The molecule has 1 atom stereocenters. The predicted octanol–water partition coefficient (Wildman–Crippen LogP) is 1.86. The van der Waals surface area contributed by atoms with Crippen molar-refractivity contribution < 1.29 is 22.4 Å². The van der Waals surface area contributed by atoms with Gasteiger partial charge in [-0.25, -0.2) is 0 Å². The Morgan fingerprint density at radius 3 is 1.89 bits per heavy atom. The molecule has 0 saturated carbocycles. The van der Waals surface area contributed by atoms with Crippen LogP contribution in [0, 0.1) is 5.92 Å². The molecule has 0 aliphatic carbocycles. The van der Waals surface area contributed by atoms with Gasteiger partial charge >= 0.3 is 124 Å². The fraction of sp³-hybridized carbons (Fsp3) is 0.750. The van der Waals surface area contributed by atoms with E-state index in [1.807, 2.05) is 13.8 Å². The summed E-state index contributed by atoms with van der Waals surface area (Å²) in [7, 11) is 0. The first-order valence-corrected chi connectivity index (χ1v) is 11.1.